The van der Waals surface area contributed by atoms with Crippen LogP contribution in [0.2, 0.25) is 0 Å². The van der Waals surface area contributed by atoms with Gasteiger partial charge >= 0.3 is 0 Å². The number of hydrogen-bond acceptors (Lipinski definition) is 5. The predicted molar refractivity (Wildman–Crippen MR) is 102 cm³/mol. The van der Waals surface area contributed by atoms with E-state index in [1.54, 1.807) is 12.1 Å². The van der Waals surface area contributed by atoms with Crippen molar-refractivity contribution in [3.8, 4) is 22.9 Å². The number of nitrogens with two attached hydrogens (primary N) is 1. The number of anilines is 1. The third-order valence-corrected chi connectivity index (χ3v) is 4.98. The molecule has 1 aromatic heterocycles. The number of fused-ring (bicyclic) bond motifs is 2. The highest BCUT2D eigenvalue weighted by Gasteiger charge is 2.26. The molecular formula is C21H20N4O. The highest BCUT2D eigenvalue weighted by molar-refractivity contribution is 6.05. The first kappa shape index (κ1) is 16.4. The lowest BCUT2D eigenvalue weighted by molar-refractivity contribution is 0.283. The number of pyridine rings is 1. The standard InChI is InChI=1S/C21H20N4O/c1-2-9-25-11-16-17(12-25)24-21-15(7-8-18(26)19(21)20(16)23)14-6-4-3-5-13(14)10-22/h3-8,26H,2,9,11-12H2,1H3,(H2,23,24). The van der Waals surface area contributed by atoms with Gasteiger partial charge in [-0.1, -0.05) is 25.1 Å². The molecule has 5 nitrogen and oxygen atoms in total. The molecule has 3 N–H and O–H groups in total. The molecule has 0 bridgehead atoms. The van der Waals surface area contributed by atoms with Gasteiger partial charge in [0.1, 0.15) is 5.75 Å². The average Bonchev–Trinajstić information content (AvgIpc) is 3.05. The van der Waals surface area contributed by atoms with E-state index in [4.69, 9.17) is 10.7 Å². The number of rotatable bonds is 3. The van der Waals surface area contributed by atoms with E-state index >= 15 is 0 Å². The minimum atomic E-state index is 0.125. The van der Waals surface area contributed by atoms with E-state index in [1.165, 1.54) is 0 Å². The zero-order chi connectivity index (χ0) is 18.3. The Hall–Kier alpha value is -3.10. The van der Waals surface area contributed by atoms with Crippen molar-refractivity contribution in [1.82, 2.24) is 9.88 Å². The van der Waals surface area contributed by atoms with Crippen LogP contribution in [0.5, 0.6) is 5.75 Å². The van der Waals surface area contributed by atoms with Gasteiger partial charge in [0.05, 0.1) is 33.9 Å². The number of phenolic OH excluding ortho intramolecular Hbond substituents is 1. The smallest absolute Gasteiger partial charge is 0.127 e. The van der Waals surface area contributed by atoms with Gasteiger partial charge in [0.25, 0.3) is 0 Å². The van der Waals surface area contributed by atoms with E-state index in [-0.39, 0.29) is 5.75 Å². The van der Waals surface area contributed by atoms with Crippen LogP contribution in [0.4, 0.5) is 5.69 Å². The van der Waals surface area contributed by atoms with Gasteiger partial charge < -0.3 is 10.8 Å². The minimum absolute atomic E-state index is 0.125. The summed E-state index contributed by atoms with van der Waals surface area (Å²) >= 11 is 0. The Kier molecular flexibility index (Phi) is 3.98. The average molecular weight is 344 g/mol. The molecule has 2 heterocycles. The van der Waals surface area contributed by atoms with Crippen LogP contribution in [-0.4, -0.2) is 21.5 Å². The Morgan fingerprint density at radius 3 is 2.77 bits per heavy atom. The van der Waals surface area contributed by atoms with E-state index in [0.717, 1.165) is 48.4 Å². The summed E-state index contributed by atoms with van der Waals surface area (Å²) in [5, 5.41) is 20.5. The van der Waals surface area contributed by atoms with E-state index in [9.17, 15) is 10.4 Å². The van der Waals surface area contributed by atoms with Gasteiger partial charge in [0.2, 0.25) is 0 Å². The van der Waals surface area contributed by atoms with Crippen LogP contribution in [0, 0.1) is 11.3 Å². The SMILES string of the molecule is CCCN1Cc2nc3c(-c4ccccc4C#N)ccc(O)c3c(N)c2C1. The summed E-state index contributed by atoms with van der Waals surface area (Å²) in [5.74, 6) is 0.125. The monoisotopic (exact) mass is 344 g/mol. The van der Waals surface area contributed by atoms with E-state index in [1.807, 2.05) is 24.3 Å². The molecule has 26 heavy (non-hydrogen) atoms. The number of nitrogen functional groups attached to an aromatic ring is 1. The molecule has 4 rings (SSSR count). The van der Waals surface area contributed by atoms with E-state index < -0.39 is 0 Å². The van der Waals surface area contributed by atoms with Gasteiger partial charge in [-0.3, -0.25) is 9.88 Å². The van der Waals surface area contributed by atoms with Crippen LogP contribution in [0.3, 0.4) is 0 Å². The summed E-state index contributed by atoms with van der Waals surface area (Å²) in [6.07, 6.45) is 1.07. The molecule has 2 aromatic carbocycles. The fraction of sp³-hybridized carbons (Fsp3) is 0.238. The van der Waals surface area contributed by atoms with Gasteiger partial charge in [0, 0.05) is 29.8 Å². The molecule has 1 aliphatic heterocycles. The van der Waals surface area contributed by atoms with Crippen molar-refractivity contribution in [1.29, 1.82) is 5.26 Å². The van der Waals surface area contributed by atoms with Crippen LogP contribution < -0.4 is 5.73 Å². The summed E-state index contributed by atoms with van der Waals surface area (Å²) in [6, 6.07) is 13.1. The zero-order valence-corrected chi connectivity index (χ0v) is 14.7. The molecule has 0 spiro atoms. The number of phenols is 1. The molecule has 0 amide bonds. The molecule has 5 heteroatoms. The number of benzene rings is 2. The summed E-state index contributed by atoms with van der Waals surface area (Å²) in [4.78, 5) is 7.18. The number of nitriles is 1. The molecule has 0 fully saturated rings. The van der Waals surface area contributed by atoms with Crippen molar-refractivity contribution in [3.05, 3.63) is 53.2 Å². The van der Waals surface area contributed by atoms with Gasteiger partial charge in [-0.2, -0.15) is 5.26 Å². The summed E-state index contributed by atoms with van der Waals surface area (Å²) in [5.41, 5.74) is 11.9. The fourth-order valence-electron chi connectivity index (χ4n) is 3.78. The summed E-state index contributed by atoms with van der Waals surface area (Å²) in [7, 11) is 0. The Morgan fingerprint density at radius 2 is 2.00 bits per heavy atom. The second-order valence-electron chi connectivity index (χ2n) is 6.67. The normalized spacial score (nSPS) is 13.7. The van der Waals surface area contributed by atoms with Crippen LogP contribution in [-0.2, 0) is 13.1 Å². The van der Waals surface area contributed by atoms with Gasteiger partial charge in [-0.05, 0) is 31.2 Å². The van der Waals surface area contributed by atoms with Gasteiger partial charge in [-0.15, -0.1) is 0 Å². The van der Waals surface area contributed by atoms with Crippen molar-refractivity contribution >= 4 is 16.6 Å². The van der Waals surface area contributed by atoms with Gasteiger partial charge in [-0.25, -0.2) is 0 Å². The maximum atomic E-state index is 10.5. The maximum Gasteiger partial charge on any atom is 0.127 e. The lowest BCUT2D eigenvalue weighted by Gasteiger charge is -2.13. The van der Waals surface area contributed by atoms with E-state index in [2.05, 4.69) is 17.9 Å². The maximum absolute atomic E-state index is 10.5. The van der Waals surface area contributed by atoms with E-state index in [0.29, 0.717) is 22.2 Å². The molecule has 0 radical (unpaired) electrons. The van der Waals surface area contributed by atoms with Crippen molar-refractivity contribution in [3.63, 3.8) is 0 Å². The Labute approximate surface area is 152 Å². The molecule has 0 unspecified atom stereocenters. The molecule has 1 aliphatic rings. The molecule has 0 aliphatic carbocycles. The quantitative estimate of drug-likeness (QED) is 0.755. The number of nitrogens with zero attached hydrogens (tertiary/aromatic N) is 3. The summed E-state index contributed by atoms with van der Waals surface area (Å²) < 4.78 is 0. The first-order chi connectivity index (χ1) is 12.6. The summed E-state index contributed by atoms with van der Waals surface area (Å²) in [6.45, 7) is 4.66. The molecule has 3 aromatic rings. The molecule has 0 saturated heterocycles. The van der Waals surface area contributed by atoms with Gasteiger partial charge in [0.15, 0.2) is 0 Å². The van der Waals surface area contributed by atoms with Crippen molar-refractivity contribution < 1.29 is 5.11 Å². The van der Waals surface area contributed by atoms with Crippen LogP contribution in [0.15, 0.2) is 36.4 Å². The Balaban J connectivity index is 1.99. The largest absolute Gasteiger partial charge is 0.507 e. The first-order valence-electron chi connectivity index (χ1n) is 8.78. The molecule has 0 saturated carbocycles. The number of aromatic hydroxyl groups is 1. The second kappa shape index (κ2) is 6.32. The zero-order valence-electron chi connectivity index (χ0n) is 14.7. The number of aromatic nitrogens is 1. The number of hydrogen-bond donors (Lipinski definition) is 2. The third kappa shape index (κ3) is 2.47. The predicted octanol–water partition coefficient (Wildman–Crippen LogP) is 3.79. The molecular weight excluding hydrogens is 324 g/mol. The molecule has 130 valence electrons. The van der Waals surface area contributed by atoms with Crippen LogP contribution in [0.1, 0.15) is 30.2 Å². The van der Waals surface area contributed by atoms with Crippen LogP contribution >= 0.6 is 0 Å². The Morgan fingerprint density at radius 1 is 1.19 bits per heavy atom. The Bertz CT molecular complexity index is 1050. The fourth-order valence-corrected chi connectivity index (χ4v) is 3.78. The van der Waals surface area contributed by atoms with Crippen molar-refractivity contribution in [2.45, 2.75) is 26.4 Å². The van der Waals surface area contributed by atoms with Crippen molar-refractivity contribution in [2.75, 3.05) is 12.3 Å². The third-order valence-electron chi connectivity index (χ3n) is 4.98. The van der Waals surface area contributed by atoms with Crippen molar-refractivity contribution in [2.24, 2.45) is 0 Å². The lowest BCUT2D eigenvalue weighted by Crippen LogP contribution is -2.16. The first-order valence-corrected chi connectivity index (χ1v) is 8.78. The highest BCUT2D eigenvalue weighted by Crippen LogP contribution is 2.41. The molecule has 0 atom stereocenters. The second-order valence-corrected chi connectivity index (χ2v) is 6.67. The lowest BCUT2D eigenvalue weighted by atomic mass is 9.95. The minimum Gasteiger partial charge on any atom is -0.507 e. The van der Waals surface area contributed by atoms with Crippen LogP contribution in [0.25, 0.3) is 22.0 Å². The topological polar surface area (TPSA) is 86.2 Å². The highest BCUT2D eigenvalue weighted by atomic mass is 16.3.